The zero-order valence-corrected chi connectivity index (χ0v) is 20.7. The third-order valence-electron chi connectivity index (χ3n) is 5.62. The van der Waals surface area contributed by atoms with Crippen molar-refractivity contribution in [2.24, 2.45) is 0 Å². The van der Waals surface area contributed by atoms with Gasteiger partial charge >= 0.3 is 5.97 Å². The van der Waals surface area contributed by atoms with Gasteiger partial charge in [0, 0.05) is 31.4 Å². The van der Waals surface area contributed by atoms with E-state index in [1.165, 1.54) is 7.05 Å². The summed E-state index contributed by atoms with van der Waals surface area (Å²) < 4.78 is 5.11. The van der Waals surface area contributed by atoms with E-state index in [4.69, 9.17) is 4.74 Å². The molecule has 0 spiro atoms. The Morgan fingerprint density at radius 1 is 1.12 bits per heavy atom. The molecule has 0 aliphatic carbocycles. The van der Waals surface area contributed by atoms with Gasteiger partial charge in [-0.25, -0.2) is 4.79 Å². The summed E-state index contributed by atoms with van der Waals surface area (Å²) in [5.74, 6) is -1.29. The predicted octanol–water partition coefficient (Wildman–Crippen LogP) is 3.19. The number of nitrogens with zero attached hydrogens (tertiary/aromatic N) is 1. The number of aryl methyl sites for hydroxylation is 1. The standard InChI is InChI=1S/C24H30N4O5S/c1-5-33-24(32)19-15(3)20(21(30)25-4)34-22(19)27-18(29)13-26-17-9-8-16(12-14(17)2)23(31)28-10-6-7-11-28/h8-9,12,26H,5-7,10-11,13H2,1-4H3,(H,25,30)(H,27,29). The van der Waals surface area contributed by atoms with Crippen molar-refractivity contribution < 1.29 is 23.9 Å². The van der Waals surface area contributed by atoms with E-state index >= 15 is 0 Å². The molecule has 9 nitrogen and oxygen atoms in total. The second kappa shape index (κ2) is 11.1. The monoisotopic (exact) mass is 486 g/mol. The van der Waals surface area contributed by atoms with E-state index in [0.29, 0.717) is 16.0 Å². The van der Waals surface area contributed by atoms with Gasteiger partial charge in [-0.15, -0.1) is 11.3 Å². The van der Waals surface area contributed by atoms with Crippen LogP contribution in [0.25, 0.3) is 0 Å². The maximum Gasteiger partial charge on any atom is 0.341 e. The number of nitrogens with one attached hydrogen (secondary N) is 3. The lowest BCUT2D eigenvalue weighted by Crippen LogP contribution is -2.27. The van der Waals surface area contributed by atoms with Crippen molar-refractivity contribution >= 4 is 45.7 Å². The Morgan fingerprint density at radius 2 is 1.82 bits per heavy atom. The van der Waals surface area contributed by atoms with Crippen molar-refractivity contribution in [3.05, 3.63) is 45.3 Å². The number of hydrogen-bond donors (Lipinski definition) is 3. The minimum absolute atomic E-state index is 0.0244. The number of likely N-dealkylation sites (tertiary alicyclic amines) is 1. The number of amides is 3. The van der Waals surface area contributed by atoms with Crippen LogP contribution in [0.4, 0.5) is 10.7 Å². The van der Waals surface area contributed by atoms with E-state index in [1.807, 2.05) is 17.9 Å². The quantitative estimate of drug-likeness (QED) is 0.494. The highest BCUT2D eigenvalue weighted by Gasteiger charge is 2.26. The summed E-state index contributed by atoms with van der Waals surface area (Å²) in [5.41, 5.74) is 2.84. The van der Waals surface area contributed by atoms with Crippen LogP contribution in [0.15, 0.2) is 18.2 Å². The minimum Gasteiger partial charge on any atom is -0.462 e. The number of benzene rings is 1. The lowest BCUT2D eigenvalue weighted by molar-refractivity contribution is -0.114. The SMILES string of the molecule is CCOC(=O)c1c(NC(=O)CNc2ccc(C(=O)N3CCCC3)cc2C)sc(C(=O)NC)c1C. The highest BCUT2D eigenvalue weighted by atomic mass is 32.1. The molecule has 1 saturated heterocycles. The molecular formula is C24H30N4O5S. The molecule has 3 N–H and O–H groups in total. The molecule has 0 saturated carbocycles. The van der Waals surface area contributed by atoms with Crippen molar-refractivity contribution in [2.45, 2.75) is 33.6 Å². The van der Waals surface area contributed by atoms with Crippen LogP contribution in [0.5, 0.6) is 0 Å². The Labute approximate surface area is 202 Å². The van der Waals surface area contributed by atoms with Crippen LogP contribution < -0.4 is 16.0 Å². The van der Waals surface area contributed by atoms with Crippen molar-refractivity contribution in [2.75, 3.05) is 43.9 Å². The molecule has 0 radical (unpaired) electrons. The Bertz CT molecular complexity index is 1110. The maximum atomic E-state index is 12.7. The fraction of sp³-hybridized carbons (Fsp3) is 0.417. The fourth-order valence-corrected chi connectivity index (χ4v) is 4.98. The lowest BCUT2D eigenvalue weighted by atomic mass is 10.1. The Hall–Kier alpha value is -3.40. The van der Waals surface area contributed by atoms with Crippen LogP contribution in [-0.2, 0) is 9.53 Å². The number of hydrogen-bond acceptors (Lipinski definition) is 7. The van der Waals surface area contributed by atoms with Gasteiger partial charge in [0.2, 0.25) is 5.91 Å². The Balaban J connectivity index is 1.69. The summed E-state index contributed by atoms with van der Waals surface area (Å²) in [5, 5.41) is 8.60. The first-order valence-electron chi connectivity index (χ1n) is 11.2. The van der Waals surface area contributed by atoms with E-state index in [2.05, 4.69) is 16.0 Å². The van der Waals surface area contributed by atoms with Crippen LogP contribution >= 0.6 is 11.3 Å². The fourth-order valence-electron chi connectivity index (χ4n) is 3.82. The molecule has 0 unspecified atom stereocenters. The summed E-state index contributed by atoms with van der Waals surface area (Å²) in [6.07, 6.45) is 2.07. The number of thiophene rings is 1. The molecule has 1 aliphatic rings. The average molecular weight is 487 g/mol. The highest BCUT2D eigenvalue weighted by molar-refractivity contribution is 7.18. The zero-order valence-electron chi connectivity index (χ0n) is 19.9. The summed E-state index contributed by atoms with van der Waals surface area (Å²) in [7, 11) is 1.50. The molecule has 10 heteroatoms. The molecule has 1 aromatic heterocycles. The van der Waals surface area contributed by atoms with Gasteiger partial charge < -0.3 is 25.6 Å². The number of esters is 1. The van der Waals surface area contributed by atoms with Crippen molar-refractivity contribution in [3.8, 4) is 0 Å². The number of carbonyl (C=O) groups excluding carboxylic acids is 4. The van der Waals surface area contributed by atoms with E-state index in [0.717, 1.165) is 48.5 Å². The minimum atomic E-state index is -0.594. The van der Waals surface area contributed by atoms with Crippen LogP contribution in [0.1, 0.15) is 61.3 Å². The van der Waals surface area contributed by atoms with Crippen LogP contribution in [0.2, 0.25) is 0 Å². The van der Waals surface area contributed by atoms with Gasteiger partial charge in [0.1, 0.15) is 5.00 Å². The first-order chi connectivity index (χ1) is 16.3. The van der Waals surface area contributed by atoms with E-state index in [9.17, 15) is 19.2 Å². The summed E-state index contributed by atoms with van der Waals surface area (Å²) in [6, 6.07) is 5.36. The first kappa shape index (κ1) is 25.2. The van der Waals surface area contributed by atoms with Crippen molar-refractivity contribution in [3.63, 3.8) is 0 Å². The molecule has 3 amide bonds. The van der Waals surface area contributed by atoms with Crippen molar-refractivity contribution in [1.82, 2.24) is 10.2 Å². The molecule has 3 rings (SSSR count). The molecule has 34 heavy (non-hydrogen) atoms. The van der Waals surface area contributed by atoms with Gasteiger partial charge in [0.25, 0.3) is 11.8 Å². The maximum absolute atomic E-state index is 12.7. The normalized spacial score (nSPS) is 12.9. The number of rotatable bonds is 8. The molecule has 1 aliphatic heterocycles. The zero-order chi connectivity index (χ0) is 24.8. The second-order valence-corrected chi connectivity index (χ2v) is 9.01. The van der Waals surface area contributed by atoms with Crippen molar-refractivity contribution in [1.29, 1.82) is 0 Å². The van der Waals surface area contributed by atoms with Crippen LogP contribution in [-0.4, -0.2) is 61.9 Å². The van der Waals surface area contributed by atoms with Gasteiger partial charge in [-0.2, -0.15) is 0 Å². The largest absolute Gasteiger partial charge is 0.462 e. The predicted molar refractivity (Wildman–Crippen MR) is 132 cm³/mol. The summed E-state index contributed by atoms with van der Waals surface area (Å²) >= 11 is 1.03. The molecule has 1 fully saturated rings. The third kappa shape index (κ3) is 5.56. The second-order valence-electron chi connectivity index (χ2n) is 7.99. The average Bonchev–Trinajstić information content (AvgIpc) is 3.45. The molecule has 0 atom stereocenters. The van der Waals surface area contributed by atoms with E-state index < -0.39 is 5.97 Å². The smallest absolute Gasteiger partial charge is 0.341 e. The highest BCUT2D eigenvalue weighted by Crippen LogP contribution is 2.33. The van der Waals surface area contributed by atoms with E-state index in [1.54, 1.807) is 26.0 Å². The molecule has 1 aromatic carbocycles. The summed E-state index contributed by atoms with van der Waals surface area (Å²) in [4.78, 5) is 52.1. The first-order valence-corrected chi connectivity index (χ1v) is 12.0. The van der Waals surface area contributed by atoms with Gasteiger partial charge in [0.05, 0.1) is 23.6 Å². The number of ether oxygens (including phenoxy) is 1. The number of carbonyl (C=O) groups is 4. The third-order valence-corrected chi connectivity index (χ3v) is 6.82. The van der Waals surface area contributed by atoms with Crippen LogP contribution in [0.3, 0.4) is 0 Å². The van der Waals surface area contributed by atoms with Gasteiger partial charge in [-0.1, -0.05) is 0 Å². The molecule has 182 valence electrons. The molecule has 2 aromatic rings. The topological polar surface area (TPSA) is 117 Å². The molecular weight excluding hydrogens is 456 g/mol. The summed E-state index contributed by atoms with van der Waals surface area (Å²) in [6.45, 7) is 6.90. The molecule has 2 heterocycles. The van der Waals surface area contributed by atoms with E-state index in [-0.39, 0.29) is 41.4 Å². The number of anilines is 2. The Morgan fingerprint density at radius 3 is 2.44 bits per heavy atom. The van der Waals surface area contributed by atoms with Gasteiger partial charge in [-0.3, -0.25) is 14.4 Å². The van der Waals surface area contributed by atoms with Crippen LogP contribution in [0, 0.1) is 13.8 Å². The van der Waals surface area contributed by atoms with Gasteiger partial charge in [-0.05, 0) is 62.9 Å². The Kier molecular flexibility index (Phi) is 8.27. The lowest BCUT2D eigenvalue weighted by Gasteiger charge is -2.16. The van der Waals surface area contributed by atoms with Gasteiger partial charge in [0.15, 0.2) is 0 Å². The molecule has 0 bridgehead atoms.